The number of esters is 1. The second-order valence-electron chi connectivity index (χ2n) is 4.68. The quantitative estimate of drug-likeness (QED) is 0.752. The zero-order chi connectivity index (χ0) is 14.4. The highest BCUT2D eigenvalue weighted by molar-refractivity contribution is 5.96. The molecule has 0 saturated heterocycles. The van der Waals surface area contributed by atoms with Crippen molar-refractivity contribution in [2.75, 3.05) is 7.11 Å². The van der Waals surface area contributed by atoms with Gasteiger partial charge in [-0.15, -0.1) is 0 Å². The first-order valence-corrected chi connectivity index (χ1v) is 6.14. The Hall–Kier alpha value is -1.82. The van der Waals surface area contributed by atoms with Crippen molar-refractivity contribution in [1.82, 2.24) is 5.32 Å². The van der Waals surface area contributed by atoms with Gasteiger partial charge in [0.05, 0.1) is 19.2 Å². The summed E-state index contributed by atoms with van der Waals surface area (Å²) in [5.74, 6) is -0.0546. The van der Waals surface area contributed by atoms with Gasteiger partial charge < -0.3 is 20.2 Å². The number of rotatable bonds is 6. The van der Waals surface area contributed by atoms with Crippen molar-refractivity contribution in [2.45, 2.75) is 32.9 Å². The molecular weight excluding hydrogens is 248 g/mol. The van der Waals surface area contributed by atoms with Crippen LogP contribution in [0.25, 0.3) is 0 Å². The van der Waals surface area contributed by atoms with Crippen LogP contribution in [-0.4, -0.2) is 25.0 Å². The van der Waals surface area contributed by atoms with E-state index in [9.17, 15) is 9.59 Å². The molecule has 1 rings (SSSR count). The van der Waals surface area contributed by atoms with E-state index < -0.39 is 12.0 Å². The SMILES string of the molecule is COC(=O)C(CC(C)C)NC(=O)c1coc(CN)c1. The molecule has 0 aromatic carbocycles. The van der Waals surface area contributed by atoms with Gasteiger partial charge in [-0.25, -0.2) is 4.79 Å². The fourth-order valence-electron chi connectivity index (χ4n) is 1.68. The van der Waals surface area contributed by atoms with Crippen LogP contribution in [0.2, 0.25) is 0 Å². The largest absolute Gasteiger partial charge is 0.467 e. The first-order valence-electron chi connectivity index (χ1n) is 6.14. The third kappa shape index (κ3) is 4.40. The predicted octanol–water partition coefficient (Wildman–Crippen LogP) is 1.06. The molecule has 19 heavy (non-hydrogen) atoms. The number of methoxy groups -OCH3 is 1. The Morgan fingerprint density at radius 1 is 1.47 bits per heavy atom. The highest BCUT2D eigenvalue weighted by atomic mass is 16.5. The van der Waals surface area contributed by atoms with E-state index in [0.29, 0.717) is 17.7 Å². The Labute approximate surface area is 112 Å². The van der Waals surface area contributed by atoms with E-state index in [2.05, 4.69) is 10.1 Å². The fourth-order valence-corrected chi connectivity index (χ4v) is 1.68. The number of ether oxygens (including phenoxy) is 1. The van der Waals surface area contributed by atoms with Crippen LogP contribution in [0.5, 0.6) is 0 Å². The van der Waals surface area contributed by atoms with Gasteiger partial charge in [0.2, 0.25) is 0 Å². The van der Waals surface area contributed by atoms with Gasteiger partial charge in [-0.05, 0) is 18.4 Å². The summed E-state index contributed by atoms with van der Waals surface area (Å²) in [7, 11) is 1.30. The average Bonchev–Trinajstić information content (AvgIpc) is 2.85. The topological polar surface area (TPSA) is 94.6 Å². The van der Waals surface area contributed by atoms with Crippen LogP contribution >= 0.6 is 0 Å². The zero-order valence-electron chi connectivity index (χ0n) is 11.4. The van der Waals surface area contributed by atoms with Gasteiger partial charge in [0.25, 0.3) is 5.91 Å². The van der Waals surface area contributed by atoms with Crippen LogP contribution in [0, 0.1) is 5.92 Å². The van der Waals surface area contributed by atoms with Gasteiger partial charge in [-0.1, -0.05) is 13.8 Å². The molecular formula is C13H20N2O4. The number of hydrogen-bond acceptors (Lipinski definition) is 5. The summed E-state index contributed by atoms with van der Waals surface area (Å²) >= 11 is 0. The van der Waals surface area contributed by atoms with E-state index in [4.69, 9.17) is 10.2 Å². The Balaban J connectivity index is 2.72. The minimum absolute atomic E-state index is 0.222. The van der Waals surface area contributed by atoms with E-state index in [-0.39, 0.29) is 18.4 Å². The standard InChI is InChI=1S/C13H20N2O4/c1-8(2)4-11(13(17)18-3)15-12(16)9-5-10(6-14)19-7-9/h5,7-8,11H,4,6,14H2,1-3H3,(H,15,16). The number of nitrogens with two attached hydrogens (primary N) is 1. The molecule has 0 spiro atoms. The van der Waals surface area contributed by atoms with Crippen LogP contribution in [0.3, 0.4) is 0 Å². The molecule has 1 heterocycles. The van der Waals surface area contributed by atoms with Crippen LogP contribution in [0.1, 0.15) is 36.4 Å². The van der Waals surface area contributed by atoms with E-state index in [1.165, 1.54) is 13.4 Å². The first kappa shape index (κ1) is 15.2. The summed E-state index contributed by atoms with van der Waals surface area (Å²) in [6, 6.07) is 0.896. The van der Waals surface area contributed by atoms with Crippen LogP contribution < -0.4 is 11.1 Å². The summed E-state index contributed by atoms with van der Waals surface area (Å²) in [4.78, 5) is 23.6. The lowest BCUT2D eigenvalue weighted by molar-refractivity contribution is -0.143. The molecule has 6 heteroatoms. The van der Waals surface area contributed by atoms with E-state index >= 15 is 0 Å². The molecule has 1 atom stereocenters. The van der Waals surface area contributed by atoms with Crippen molar-refractivity contribution < 1.29 is 18.7 Å². The summed E-state index contributed by atoms with van der Waals surface area (Å²) in [5.41, 5.74) is 5.75. The lowest BCUT2D eigenvalue weighted by Crippen LogP contribution is -2.42. The molecule has 1 aromatic heterocycles. The summed E-state index contributed by atoms with van der Waals surface area (Å²) in [5, 5.41) is 2.64. The Morgan fingerprint density at radius 3 is 2.63 bits per heavy atom. The van der Waals surface area contributed by atoms with Crippen molar-refractivity contribution in [2.24, 2.45) is 11.7 Å². The van der Waals surface area contributed by atoms with Crippen molar-refractivity contribution >= 4 is 11.9 Å². The van der Waals surface area contributed by atoms with Gasteiger partial charge >= 0.3 is 5.97 Å². The van der Waals surface area contributed by atoms with Crippen molar-refractivity contribution in [3.63, 3.8) is 0 Å². The van der Waals surface area contributed by atoms with Gasteiger partial charge in [0.1, 0.15) is 18.1 Å². The number of carbonyl (C=O) groups is 2. The molecule has 0 aliphatic carbocycles. The maximum absolute atomic E-state index is 12.0. The van der Waals surface area contributed by atoms with Crippen LogP contribution in [0.15, 0.2) is 16.7 Å². The zero-order valence-corrected chi connectivity index (χ0v) is 11.4. The van der Waals surface area contributed by atoms with Gasteiger partial charge in [0.15, 0.2) is 0 Å². The lowest BCUT2D eigenvalue weighted by Gasteiger charge is -2.17. The Bertz CT molecular complexity index is 440. The smallest absolute Gasteiger partial charge is 0.328 e. The monoisotopic (exact) mass is 268 g/mol. The average molecular weight is 268 g/mol. The maximum atomic E-state index is 12.0. The number of carbonyl (C=O) groups excluding carboxylic acids is 2. The summed E-state index contributed by atoms with van der Waals surface area (Å²) in [6.45, 7) is 4.15. The Morgan fingerprint density at radius 2 is 2.16 bits per heavy atom. The highest BCUT2D eigenvalue weighted by Crippen LogP contribution is 2.10. The van der Waals surface area contributed by atoms with Crippen molar-refractivity contribution in [3.8, 4) is 0 Å². The minimum atomic E-state index is -0.659. The molecule has 0 fully saturated rings. The highest BCUT2D eigenvalue weighted by Gasteiger charge is 2.23. The normalized spacial score (nSPS) is 12.3. The first-order chi connectivity index (χ1) is 8.97. The molecule has 1 aromatic rings. The second-order valence-corrected chi connectivity index (χ2v) is 4.68. The molecule has 0 bridgehead atoms. The number of furan rings is 1. The third-order valence-electron chi connectivity index (χ3n) is 2.62. The molecule has 0 radical (unpaired) electrons. The third-order valence-corrected chi connectivity index (χ3v) is 2.62. The molecule has 0 saturated carbocycles. The van der Waals surface area contributed by atoms with Crippen LogP contribution in [-0.2, 0) is 16.1 Å². The second kappa shape index (κ2) is 6.94. The molecule has 3 N–H and O–H groups in total. The van der Waals surface area contributed by atoms with E-state index in [0.717, 1.165) is 0 Å². The maximum Gasteiger partial charge on any atom is 0.328 e. The molecule has 1 unspecified atom stereocenters. The van der Waals surface area contributed by atoms with Crippen molar-refractivity contribution in [3.05, 3.63) is 23.7 Å². The summed E-state index contributed by atoms with van der Waals surface area (Å²) < 4.78 is 9.76. The fraction of sp³-hybridized carbons (Fsp3) is 0.538. The van der Waals surface area contributed by atoms with E-state index in [1.807, 2.05) is 13.8 Å². The van der Waals surface area contributed by atoms with E-state index in [1.54, 1.807) is 6.07 Å². The van der Waals surface area contributed by atoms with Crippen molar-refractivity contribution in [1.29, 1.82) is 0 Å². The van der Waals surface area contributed by atoms with Gasteiger partial charge in [-0.3, -0.25) is 4.79 Å². The summed E-state index contributed by atoms with van der Waals surface area (Å²) in [6.07, 6.45) is 1.83. The predicted molar refractivity (Wildman–Crippen MR) is 69.3 cm³/mol. The number of hydrogen-bond donors (Lipinski definition) is 2. The Kier molecular flexibility index (Phi) is 5.57. The minimum Gasteiger partial charge on any atom is -0.467 e. The molecule has 0 aliphatic rings. The van der Waals surface area contributed by atoms with Gasteiger partial charge in [-0.2, -0.15) is 0 Å². The molecule has 106 valence electrons. The number of amides is 1. The van der Waals surface area contributed by atoms with Gasteiger partial charge in [0, 0.05) is 0 Å². The molecule has 1 amide bonds. The lowest BCUT2D eigenvalue weighted by atomic mass is 10.0. The number of nitrogens with one attached hydrogen (secondary N) is 1. The molecule has 0 aliphatic heterocycles. The molecule has 6 nitrogen and oxygen atoms in total. The van der Waals surface area contributed by atoms with Crippen LogP contribution in [0.4, 0.5) is 0 Å².